The van der Waals surface area contributed by atoms with Crippen LogP contribution < -0.4 is 0 Å². The summed E-state index contributed by atoms with van der Waals surface area (Å²) in [7, 11) is -5.17. The topological polar surface area (TPSA) is 144 Å². The van der Waals surface area contributed by atoms with Crippen LogP contribution >= 0.6 is 0 Å². The molecule has 0 rings (SSSR count). The Balaban J connectivity index is -0.0000000910. The molecule has 1 N–H and O–H groups in total. The van der Waals surface area contributed by atoms with Gasteiger partial charge in [-0.1, -0.05) is 0 Å². The minimum absolute atomic E-state index is 0. The number of nitrogens with zero attached hydrogens (tertiary/aromatic N) is 1. The second kappa shape index (κ2) is 6.95. The quantitative estimate of drug-likeness (QED) is 0.149. The van der Waals surface area contributed by atoms with Crippen molar-refractivity contribution >= 4 is 33.5 Å². The summed E-state index contributed by atoms with van der Waals surface area (Å²) in [5, 5.41) is 13.6. The van der Waals surface area contributed by atoms with Crippen LogP contribution in [0.15, 0.2) is 0 Å². The molecule has 0 atom stereocenters. The van der Waals surface area contributed by atoms with Gasteiger partial charge in [-0.15, -0.1) is 10.1 Å². The van der Waals surface area contributed by atoms with Gasteiger partial charge in [0.05, 0.1) is 0 Å². The second-order valence-corrected chi connectivity index (χ2v) is 1.46. The minimum Gasteiger partial charge on any atom is -0.759 e. The molecule has 0 unspecified atom stereocenters. The van der Waals surface area contributed by atoms with Crippen molar-refractivity contribution in [3.05, 3.63) is 10.1 Å². The van der Waals surface area contributed by atoms with E-state index in [9.17, 15) is 0 Å². The van der Waals surface area contributed by atoms with Crippen LogP contribution in [-0.4, -0.2) is 50.9 Å². The molecule has 10 heavy (non-hydrogen) atoms. The standard InChI is InChI=1S/Mg.HNO3.H2O4S/c;2-1(3)4;1-5(2,3)4/h;(H,2,3,4);(H2,1,2,3,4)/q+2;;/p-2. The number of rotatable bonds is 0. The summed E-state index contributed by atoms with van der Waals surface area (Å²) in [6, 6.07) is 0. The van der Waals surface area contributed by atoms with Crippen molar-refractivity contribution in [3.63, 3.8) is 0 Å². The maximum atomic E-state index is 8.52. The zero-order valence-corrected chi connectivity index (χ0v) is 6.69. The molecule has 0 aromatic rings. The van der Waals surface area contributed by atoms with E-state index in [1.807, 2.05) is 0 Å². The maximum Gasteiger partial charge on any atom is 2.00 e. The van der Waals surface area contributed by atoms with E-state index >= 15 is 0 Å². The van der Waals surface area contributed by atoms with E-state index in [1.54, 1.807) is 0 Å². The van der Waals surface area contributed by atoms with E-state index in [4.69, 9.17) is 32.8 Å². The van der Waals surface area contributed by atoms with Crippen LogP contribution in [-0.2, 0) is 10.4 Å². The van der Waals surface area contributed by atoms with Crippen LogP contribution in [0, 0.1) is 10.1 Å². The first kappa shape index (κ1) is 16.4. The summed E-state index contributed by atoms with van der Waals surface area (Å²) in [6.45, 7) is 0. The van der Waals surface area contributed by atoms with Gasteiger partial charge in [-0.2, -0.15) is 0 Å². The molecule has 0 aliphatic carbocycles. The average Bonchev–Trinajstić information content (AvgIpc) is 1.19. The summed E-state index contributed by atoms with van der Waals surface area (Å²) in [4.78, 5) is 8.36. The summed E-state index contributed by atoms with van der Waals surface area (Å²) < 4.78 is 34.1. The third kappa shape index (κ3) is 13700. The second-order valence-electron chi connectivity index (χ2n) is 0.646. The van der Waals surface area contributed by atoms with Crippen LogP contribution in [0.2, 0.25) is 0 Å². The van der Waals surface area contributed by atoms with Crippen molar-refractivity contribution in [1.82, 2.24) is 0 Å². The van der Waals surface area contributed by atoms with E-state index in [-0.39, 0.29) is 23.1 Å². The fourth-order valence-electron chi connectivity index (χ4n) is 0. The van der Waals surface area contributed by atoms with Gasteiger partial charge >= 0.3 is 23.1 Å². The van der Waals surface area contributed by atoms with Crippen LogP contribution in [0.4, 0.5) is 0 Å². The fourth-order valence-corrected chi connectivity index (χ4v) is 0. The third-order valence-corrected chi connectivity index (χ3v) is 0. The summed E-state index contributed by atoms with van der Waals surface area (Å²) in [6.07, 6.45) is 0. The van der Waals surface area contributed by atoms with Crippen molar-refractivity contribution in [2.45, 2.75) is 0 Å². The largest absolute Gasteiger partial charge is 2.00 e. The Labute approximate surface area is 71.7 Å². The Hall–Kier alpha value is -0.164. The maximum absolute atomic E-state index is 8.52. The van der Waals surface area contributed by atoms with E-state index < -0.39 is 15.5 Å². The van der Waals surface area contributed by atoms with Gasteiger partial charge in [-0.25, -0.2) is 0 Å². The van der Waals surface area contributed by atoms with Crippen molar-refractivity contribution in [3.8, 4) is 0 Å². The molecule has 0 spiro atoms. The first-order valence-corrected chi connectivity index (χ1v) is 2.57. The van der Waals surface area contributed by atoms with E-state index in [0.29, 0.717) is 0 Å². The summed E-state index contributed by atoms with van der Waals surface area (Å²) in [5.74, 6) is 0. The van der Waals surface area contributed by atoms with Crippen LogP contribution in [0.1, 0.15) is 0 Å². The molecule has 0 aromatic carbocycles. The van der Waals surface area contributed by atoms with E-state index in [1.165, 1.54) is 0 Å². The molecule has 0 aromatic heterocycles. The van der Waals surface area contributed by atoms with Crippen LogP contribution in [0.3, 0.4) is 0 Å². The van der Waals surface area contributed by atoms with Crippen molar-refractivity contribution in [1.29, 1.82) is 0 Å². The van der Waals surface area contributed by atoms with Gasteiger partial charge in [-0.05, 0) is 0 Å². The zero-order chi connectivity index (χ0) is 8.08. The number of hydrogen-bond donors (Lipinski definition) is 1. The van der Waals surface area contributed by atoms with Crippen molar-refractivity contribution in [2.75, 3.05) is 0 Å². The molecule has 8 nitrogen and oxygen atoms in total. The first-order chi connectivity index (χ1) is 3.73. The molecule has 0 fully saturated rings. The molecule has 0 amide bonds. The molecule has 0 radical (unpaired) electrons. The molecule has 0 aliphatic rings. The zero-order valence-electron chi connectivity index (χ0n) is 4.46. The molecule has 56 valence electrons. The smallest absolute Gasteiger partial charge is 0.759 e. The Kier molecular flexibility index (Phi) is 11.4. The summed E-state index contributed by atoms with van der Waals surface area (Å²) >= 11 is 0. The molecule has 0 aliphatic heterocycles. The SMILES string of the molecule is O=S(=O)([O-])[O-].O=[N+]([O-])O.[Mg+2]. The molecule has 0 saturated heterocycles. The summed E-state index contributed by atoms with van der Waals surface area (Å²) in [5.41, 5.74) is 0. The Morgan fingerprint density at radius 1 is 1.30 bits per heavy atom. The fraction of sp³-hybridized carbons (Fsp3) is 0. The van der Waals surface area contributed by atoms with Gasteiger partial charge in [0.1, 0.15) is 0 Å². The van der Waals surface area contributed by atoms with Gasteiger partial charge in [0.25, 0.3) is 5.09 Å². The van der Waals surface area contributed by atoms with Crippen LogP contribution in [0.5, 0.6) is 0 Å². The van der Waals surface area contributed by atoms with Crippen LogP contribution in [0.25, 0.3) is 0 Å². The number of hydrogen-bond acceptors (Lipinski definition) is 6. The van der Waals surface area contributed by atoms with Gasteiger partial charge in [0.2, 0.25) is 0 Å². The Morgan fingerprint density at radius 2 is 1.30 bits per heavy atom. The molecule has 0 bridgehead atoms. The van der Waals surface area contributed by atoms with Gasteiger partial charge in [0, 0.05) is 10.4 Å². The van der Waals surface area contributed by atoms with Gasteiger partial charge < -0.3 is 14.3 Å². The molecule has 0 saturated carbocycles. The molecular weight excluding hydrogens is 182 g/mol. The Morgan fingerprint density at radius 3 is 1.30 bits per heavy atom. The van der Waals surface area contributed by atoms with E-state index in [2.05, 4.69) is 0 Å². The third-order valence-electron chi connectivity index (χ3n) is 0. The molecule has 10 heteroatoms. The van der Waals surface area contributed by atoms with Gasteiger partial charge in [-0.3, -0.25) is 8.42 Å². The van der Waals surface area contributed by atoms with Gasteiger partial charge in [0.15, 0.2) is 0 Å². The average molecular weight is 183 g/mol. The van der Waals surface area contributed by atoms with E-state index in [0.717, 1.165) is 0 Å². The molecular formula is HMgNO7S. The minimum atomic E-state index is -5.17. The van der Waals surface area contributed by atoms with Crippen molar-refractivity contribution in [2.24, 2.45) is 0 Å². The normalized spacial score (nSPS) is 8.20. The first-order valence-electron chi connectivity index (χ1n) is 1.23. The predicted octanol–water partition coefficient (Wildman–Crippen LogP) is -2.07. The predicted molar refractivity (Wildman–Crippen MR) is 25.0 cm³/mol. The Bertz CT molecular complexity index is 156. The monoisotopic (exact) mass is 183 g/mol. The van der Waals surface area contributed by atoms with Crippen molar-refractivity contribution < 1.29 is 27.8 Å². The molecule has 0 heterocycles.